The number of allylic oxidation sites excluding steroid dienone is 1. The van der Waals surface area contributed by atoms with Crippen LogP contribution in [0.15, 0.2) is 23.3 Å². The molecule has 2 rings (SSSR count). The van der Waals surface area contributed by atoms with Crippen molar-refractivity contribution in [3.05, 3.63) is 23.3 Å². The van der Waals surface area contributed by atoms with E-state index in [-0.39, 0.29) is 12.1 Å². The minimum atomic E-state index is -0.742. The molecule has 1 N–H and O–H groups in total. The number of carboxylic acid groups (broad SMARTS) is 1. The number of aliphatic carboxylic acids is 1. The molecule has 1 fully saturated rings. The molecule has 1 atom stereocenters. The van der Waals surface area contributed by atoms with Crippen LogP contribution in [0.25, 0.3) is 0 Å². The molecule has 0 aromatic carbocycles. The highest BCUT2D eigenvalue weighted by Gasteiger charge is 2.24. The van der Waals surface area contributed by atoms with Gasteiger partial charge in [0.2, 0.25) is 0 Å². The number of ether oxygens (including phenoxy) is 2. The van der Waals surface area contributed by atoms with Crippen LogP contribution < -0.4 is 0 Å². The van der Waals surface area contributed by atoms with Gasteiger partial charge in [-0.15, -0.1) is 0 Å². The second-order valence-electron chi connectivity index (χ2n) is 4.40. The summed E-state index contributed by atoms with van der Waals surface area (Å²) in [6.07, 6.45) is 1.88. The summed E-state index contributed by atoms with van der Waals surface area (Å²) in [7, 11) is 0. The fourth-order valence-corrected chi connectivity index (χ4v) is 1.25. The number of carbonyl (C=O) groups excluding carboxylic acids is 1. The first-order chi connectivity index (χ1) is 8.41. The van der Waals surface area contributed by atoms with Crippen molar-refractivity contribution >= 4 is 11.9 Å². The fourth-order valence-electron chi connectivity index (χ4n) is 1.25. The van der Waals surface area contributed by atoms with Gasteiger partial charge in [-0.2, -0.15) is 0 Å². The highest BCUT2D eigenvalue weighted by atomic mass is 16.6. The van der Waals surface area contributed by atoms with Gasteiger partial charge in [0.05, 0.1) is 6.61 Å². The van der Waals surface area contributed by atoms with Gasteiger partial charge in [0, 0.05) is 11.1 Å². The predicted molar refractivity (Wildman–Crippen MR) is 65.1 cm³/mol. The molecule has 0 saturated carbocycles. The van der Waals surface area contributed by atoms with E-state index in [1.165, 1.54) is 0 Å². The van der Waals surface area contributed by atoms with E-state index < -0.39 is 5.97 Å². The summed E-state index contributed by atoms with van der Waals surface area (Å²) in [6, 6.07) is 0. The van der Waals surface area contributed by atoms with Gasteiger partial charge in [0.25, 0.3) is 0 Å². The lowest BCUT2D eigenvalue weighted by atomic mass is 9.90. The lowest BCUT2D eigenvalue weighted by Gasteiger charge is -2.15. The Kier molecular flexibility index (Phi) is 5.09. The summed E-state index contributed by atoms with van der Waals surface area (Å²) in [5.74, 6) is -1.08. The monoisotopic (exact) mass is 254 g/mol. The maximum Gasteiger partial charge on any atom is 0.333 e. The van der Waals surface area contributed by atoms with Crippen molar-refractivity contribution in [2.45, 2.75) is 32.8 Å². The lowest BCUT2D eigenvalue weighted by Crippen LogP contribution is -2.10. The topological polar surface area (TPSA) is 76.1 Å². The zero-order chi connectivity index (χ0) is 13.7. The Morgan fingerprint density at radius 1 is 1.50 bits per heavy atom. The smallest absolute Gasteiger partial charge is 0.333 e. The summed E-state index contributed by atoms with van der Waals surface area (Å²) in [6.45, 7) is 8.01. The Labute approximate surface area is 106 Å². The zero-order valence-corrected chi connectivity index (χ0v) is 10.7. The number of epoxide rings is 1. The van der Waals surface area contributed by atoms with Gasteiger partial charge in [-0.25, -0.2) is 9.59 Å². The molecule has 2 aliphatic rings. The average molecular weight is 254 g/mol. The highest BCUT2D eigenvalue weighted by Crippen LogP contribution is 2.26. The number of carboxylic acids is 1. The van der Waals surface area contributed by atoms with Crippen LogP contribution in [0.1, 0.15) is 26.7 Å². The van der Waals surface area contributed by atoms with Gasteiger partial charge in [0.1, 0.15) is 12.7 Å². The number of hydrogen-bond acceptors (Lipinski definition) is 4. The van der Waals surface area contributed by atoms with Crippen molar-refractivity contribution in [2.24, 2.45) is 0 Å². The van der Waals surface area contributed by atoms with E-state index in [4.69, 9.17) is 14.6 Å². The first kappa shape index (κ1) is 14.4. The van der Waals surface area contributed by atoms with Gasteiger partial charge in [-0.3, -0.25) is 0 Å². The van der Waals surface area contributed by atoms with Crippen molar-refractivity contribution in [2.75, 3.05) is 13.2 Å². The van der Waals surface area contributed by atoms with E-state index >= 15 is 0 Å². The van der Waals surface area contributed by atoms with Crippen molar-refractivity contribution in [3.63, 3.8) is 0 Å². The summed E-state index contributed by atoms with van der Waals surface area (Å²) in [5.41, 5.74) is 2.09. The predicted octanol–water partition coefficient (Wildman–Crippen LogP) is 1.69. The van der Waals surface area contributed by atoms with Crippen molar-refractivity contribution in [1.82, 2.24) is 0 Å². The normalized spacial score (nSPS) is 20.2. The third-order valence-corrected chi connectivity index (χ3v) is 2.67. The maximum absolute atomic E-state index is 10.7. The standard InChI is InChI=1S/C7H10O3.C6H8O2/c1-5(2)7(8)10-4-6-3-9-6;1-4-2-3-5(4)6(7)8/h6H,1,3-4H2,2H3;2-3H2,1H3,(H,7,8). The molecule has 1 aliphatic heterocycles. The van der Waals surface area contributed by atoms with Crippen LogP contribution in [0.3, 0.4) is 0 Å². The van der Waals surface area contributed by atoms with Crippen LogP contribution in [0.4, 0.5) is 0 Å². The van der Waals surface area contributed by atoms with Gasteiger partial charge in [-0.1, -0.05) is 12.2 Å². The van der Waals surface area contributed by atoms with E-state index in [1.807, 2.05) is 6.92 Å². The lowest BCUT2D eigenvalue weighted by molar-refractivity contribution is -0.139. The van der Waals surface area contributed by atoms with Crippen LogP contribution in [0, 0.1) is 0 Å². The second-order valence-corrected chi connectivity index (χ2v) is 4.40. The second kappa shape index (κ2) is 6.35. The minimum Gasteiger partial charge on any atom is -0.478 e. The maximum atomic E-state index is 10.7. The molecule has 100 valence electrons. The Bertz CT molecular complexity index is 390. The zero-order valence-electron chi connectivity index (χ0n) is 10.7. The van der Waals surface area contributed by atoms with Gasteiger partial charge < -0.3 is 14.6 Å². The summed E-state index contributed by atoms with van der Waals surface area (Å²) >= 11 is 0. The molecule has 1 aliphatic carbocycles. The van der Waals surface area contributed by atoms with Crippen LogP contribution in [0.2, 0.25) is 0 Å². The molecule has 0 amide bonds. The molecule has 0 spiro atoms. The first-order valence-electron chi connectivity index (χ1n) is 5.78. The molecule has 5 heteroatoms. The Balaban J connectivity index is 0.000000184. The molecule has 0 aromatic heterocycles. The molecule has 18 heavy (non-hydrogen) atoms. The third-order valence-electron chi connectivity index (χ3n) is 2.67. The van der Waals surface area contributed by atoms with E-state index in [2.05, 4.69) is 6.58 Å². The van der Waals surface area contributed by atoms with E-state index in [0.29, 0.717) is 24.4 Å². The number of carbonyl (C=O) groups is 2. The van der Waals surface area contributed by atoms with Crippen LogP contribution in [0.5, 0.6) is 0 Å². The molecule has 1 unspecified atom stereocenters. The summed E-state index contributed by atoms with van der Waals surface area (Å²) in [5, 5.41) is 8.35. The minimum absolute atomic E-state index is 0.142. The van der Waals surface area contributed by atoms with E-state index in [0.717, 1.165) is 18.4 Å². The van der Waals surface area contributed by atoms with E-state index in [1.54, 1.807) is 6.92 Å². The Hall–Kier alpha value is -1.62. The molecular formula is C13H18O5. The Morgan fingerprint density at radius 3 is 2.33 bits per heavy atom. The van der Waals surface area contributed by atoms with Crippen LogP contribution >= 0.6 is 0 Å². The molecule has 0 radical (unpaired) electrons. The molecule has 0 bridgehead atoms. The van der Waals surface area contributed by atoms with Crippen LogP contribution in [-0.4, -0.2) is 36.4 Å². The Morgan fingerprint density at radius 2 is 2.11 bits per heavy atom. The van der Waals surface area contributed by atoms with Crippen molar-refractivity contribution in [1.29, 1.82) is 0 Å². The largest absolute Gasteiger partial charge is 0.478 e. The molecule has 1 heterocycles. The van der Waals surface area contributed by atoms with Crippen molar-refractivity contribution < 1.29 is 24.2 Å². The quantitative estimate of drug-likeness (QED) is 0.469. The SMILES string of the molecule is C=C(C)C(=O)OCC1CO1.CC1=C(C(=O)O)CC1. The number of rotatable bonds is 4. The van der Waals surface area contributed by atoms with Gasteiger partial charge in [0.15, 0.2) is 0 Å². The summed E-state index contributed by atoms with van der Waals surface area (Å²) < 4.78 is 9.60. The fraction of sp³-hybridized carbons (Fsp3) is 0.538. The van der Waals surface area contributed by atoms with Gasteiger partial charge in [-0.05, 0) is 26.7 Å². The molecule has 0 aromatic rings. The van der Waals surface area contributed by atoms with Crippen molar-refractivity contribution in [3.8, 4) is 0 Å². The number of esters is 1. The third kappa shape index (κ3) is 4.71. The average Bonchev–Trinajstić information content (AvgIpc) is 3.07. The summed E-state index contributed by atoms with van der Waals surface area (Å²) in [4.78, 5) is 20.8. The van der Waals surface area contributed by atoms with Gasteiger partial charge >= 0.3 is 11.9 Å². The van der Waals surface area contributed by atoms with Crippen LogP contribution in [-0.2, 0) is 19.1 Å². The number of hydrogen-bond donors (Lipinski definition) is 1. The highest BCUT2D eigenvalue weighted by molar-refractivity contribution is 5.89. The van der Waals surface area contributed by atoms with E-state index in [9.17, 15) is 9.59 Å². The first-order valence-corrected chi connectivity index (χ1v) is 5.78. The molecular weight excluding hydrogens is 236 g/mol. The molecule has 1 saturated heterocycles. The molecule has 5 nitrogen and oxygen atoms in total.